The van der Waals surface area contributed by atoms with Gasteiger partial charge < -0.3 is 20.1 Å². The van der Waals surface area contributed by atoms with Crippen LogP contribution >= 0.6 is 0 Å². The number of piperidine rings is 1. The number of fused-ring (bicyclic) bond motifs is 3. The van der Waals surface area contributed by atoms with Gasteiger partial charge in [-0.3, -0.25) is 4.79 Å². The van der Waals surface area contributed by atoms with E-state index in [1.165, 1.54) is 17.5 Å². The van der Waals surface area contributed by atoms with Crippen LogP contribution in [0, 0.1) is 0 Å². The minimum Gasteiger partial charge on any atom is -0.485 e. The normalized spacial score (nSPS) is 18.0. The van der Waals surface area contributed by atoms with Gasteiger partial charge in [0.15, 0.2) is 0 Å². The standard InChI is InChI=1S/C35H39N3O3/c1-3-18-38-19-15-35(16-20-38)23-32(41-31-11-6-5-8-25(31)22-33(39)40-4-2)29-21-24(12-13-30(29)35)26-9-7-10-28-27(26)14-17-37-34(28)36/h5-14,17,21,32H,3-4,15-16,18-20,22-23H2,1-2H3,(H2,36,37)/t32-/m1/s1. The van der Waals surface area contributed by atoms with Crippen LogP contribution in [0.3, 0.4) is 0 Å². The van der Waals surface area contributed by atoms with Gasteiger partial charge in [-0.15, -0.1) is 0 Å². The topological polar surface area (TPSA) is 77.7 Å². The summed E-state index contributed by atoms with van der Waals surface area (Å²) < 4.78 is 12.1. The van der Waals surface area contributed by atoms with Crippen molar-refractivity contribution in [3.63, 3.8) is 0 Å². The van der Waals surface area contributed by atoms with Crippen molar-refractivity contribution >= 4 is 22.6 Å². The predicted molar refractivity (Wildman–Crippen MR) is 164 cm³/mol. The third-order valence-corrected chi connectivity index (χ3v) is 8.93. The fraction of sp³-hybridized carbons (Fsp3) is 0.371. The van der Waals surface area contributed by atoms with Gasteiger partial charge in [0.25, 0.3) is 0 Å². The third kappa shape index (κ3) is 5.29. The maximum Gasteiger partial charge on any atom is 0.310 e. The van der Waals surface area contributed by atoms with Gasteiger partial charge in [0.2, 0.25) is 0 Å². The Morgan fingerprint density at radius 1 is 1.02 bits per heavy atom. The van der Waals surface area contributed by atoms with Gasteiger partial charge in [-0.2, -0.15) is 0 Å². The van der Waals surface area contributed by atoms with Gasteiger partial charge in [-0.1, -0.05) is 55.5 Å². The van der Waals surface area contributed by atoms with Crippen molar-refractivity contribution in [2.75, 3.05) is 32.0 Å². The number of ether oxygens (including phenoxy) is 2. The largest absolute Gasteiger partial charge is 0.485 e. The summed E-state index contributed by atoms with van der Waals surface area (Å²) in [5.41, 5.74) is 12.1. The molecule has 1 aliphatic carbocycles. The molecule has 6 heteroatoms. The molecule has 2 aliphatic rings. The number of carbonyl (C=O) groups excluding carboxylic acids is 1. The first-order chi connectivity index (χ1) is 20.0. The monoisotopic (exact) mass is 549 g/mol. The van der Waals surface area contributed by atoms with Crippen molar-refractivity contribution in [3.05, 3.63) is 89.6 Å². The molecular formula is C35H39N3O3. The summed E-state index contributed by atoms with van der Waals surface area (Å²) in [4.78, 5) is 19.3. The quantitative estimate of drug-likeness (QED) is 0.242. The van der Waals surface area contributed by atoms with Crippen LogP contribution in [0.25, 0.3) is 21.9 Å². The van der Waals surface area contributed by atoms with Crippen molar-refractivity contribution in [1.82, 2.24) is 9.88 Å². The van der Waals surface area contributed by atoms with Crippen molar-refractivity contribution in [3.8, 4) is 16.9 Å². The molecule has 1 spiro atoms. The lowest BCUT2D eigenvalue weighted by Gasteiger charge is -2.40. The van der Waals surface area contributed by atoms with E-state index in [-0.39, 0.29) is 23.9 Å². The Hall–Kier alpha value is -3.90. The number of hydrogen-bond donors (Lipinski definition) is 1. The number of pyridine rings is 1. The SMILES string of the molecule is CCCN1CCC2(CC1)C[C@@H](Oc1ccccc1CC(=O)OCC)c1cc(-c3cccc4c(N)nccc34)ccc12. The zero-order valence-corrected chi connectivity index (χ0v) is 24.1. The molecule has 4 aromatic rings. The molecule has 0 radical (unpaired) electrons. The number of benzene rings is 3. The first kappa shape index (κ1) is 27.3. The number of carbonyl (C=O) groups is 1. The zero-order valence-electron chi connectivity index (χ0n) is 24.1. The van der Waals surface area contributed by atoms with Crippen LogP contribution in [0.15, 0.2) is 72.9 Å². The predicted octanol–water partition coefficient (Wildman–Crippen LogP) is 6.86. The summed E-state index contributed by atoms with van der Waals surface area (Å²) in [6.07, 6.45) is 6.24. The first-order valence-corrected chi connectivity index (χ1v) is 14.9. The van der Waals surface area contributed by atoms with Crippen LogP contribution in [0.1, 0.15) is 62.3 Å². The van der Waals surface area contributed by atoms with Crippen molar-refractivity contribution in [2.45, 2.75) is 57.5 Å². The summed E-state index contributed by atoms with van der Waals surface area (Å²) in [5, 5.41) is 2.06. The maximum atomic E-state index is 12.4. The molecule has 212 valence electrons. The lowest BCUT2D eigenvalue weighted by atomic mass is 9.73. The number of rotatable bonds is 8. The van der Waals surface area contributed by atoms with E-state index in [2.05, 4.69) is 41.1 Å². The molecule has 1 fully saturated rings. The Kier molecular flexibility index (Phi) is 7.67. The Morgan fingerprint density at radius 3 is 2.66 bits per heavy atom. The third-order valence-electron chi connectivity index (χ3n) is 8.93. The molecule has 2 heterocycles. The fourth-order valence-electron chi connectivity index (χ4n) is 6.92. The summed E-state index contributed by atoms with van der Waals surface area (Å²) >= 11 is 0. The second-order valence-corrected chi connectivity index (χ2v) is 11.4. The van der Waals surface area contributed by atoms with Crippen molar-refractivity contribution in [1.29, 1.82) is 0 Å². The maximum absolute atomic E-state index is 12.4. The van der Waals surface area contributed by atoms with E-state index in [4.69, 9.17) is 15.2 Å². The molecule has 41 heavy (non-hydrogen) atoms. The molecule has 6 rings (SSSR count). The van der Waals surface area contributed by atoms with Crippen molar-refractivity contribution < 1.29 is 14.3 Å². The van der Waals surface area contributed by atoms with E-state index in [0.717, 1.165) is 72.1 Å². The molecule has 0 amide bonds. The molecule has 6 nitrogen and oxygen atoms in total. The Morgan fingerprint density at radius 2 is 1.85 bits per heavy atom. The van der Waals surface area contributed by atoms with E-state index in [1.807, 2.05) is 49.4 Å². The van der Waals surface area contributed by atoms with Gasteiger partial charge in [-0.05, 0) is 98.1 Å². The molecule has 0 saturated carbocycles. The number of para-hydroxylation sites is 1. The molecule has 1 aliphatic heterocycles. The minimum absolute atomic E-state index is 0.0892. The molecule has 0 bridgehead atoms. The number of nitrogens with zero attached hydrogens (tertiary/aromatic N) is 2. The number of likely N-dealkylation sites (tertiary alicyclic amines) is 1. The second kappa shape index (κ2) is 11.5. The highest BCUT2D eigenvalue weighted by atomic mass is 16.5. The van der Waals surface area contributed by atoms with Gasteiger partial charge >= 0.3 is 5.97 Å². The Bertz CT molecular complexity index is 1560. The second-order valence-electron chi connectivity index (χ2n) is 11.4. The number of nitrogen functional groups attached to an aromatic ring is 1. The van der Waals surface area contributed by atoms with E-state index in [0.29, 0.717) is 12.4 Å². The number of hydrogen-bond acceptors (Lipinski definition) is 6. The summed E-state index contributed by atoms with van der Waals surface area (Å²) in [5.74, 6) is 1.07. The van der Waals surface area contributed by atoms with E-state index in [1.54, 1.807) is 6.20 Å². The Balaban J connectivity index is 1.40. The minimum atomic E-state index is -0.234. The Labute approximate surface area is 242 Å². The molecule has 1 atom stereocenters. The summed E-state index contributed by atoms with van der Waals surface area (Å²) in [6, 6.07) is 23.1. The van der Waals surface area contributed by atoms with Gasteiger partial charge in [-0.25, -0.2) is 4.98 Å². The van der Waals surface area contributed by atoms with Crippen LogP contribution in [0.4, 0.5) is 5.82 Å². The van der Waals surface area contributed by atoms with Crippen LogP contribution < -0.4 is 10.5 Å². The summed E-state index contributed by atoms with van der Waals surface area (Å²) in [7, 11) is 0. The van der Waals surface area contributed by atoms with Crippen LogP contribution in [0.2, 0.25) is 0 Å². The van der Waals surface area contributed by atoms with E-state index >= 15 is 0 Å². The van der Waals surface area contributed by atoms with Gasteiger partial charge in [0, 0.05) is 22.6 Å². The fourth-order valence-corrected chi connectivity index (χ4v) is 6.92. The summed E-state index contributed by atoms with van der Waals surface area (Å²) in [6.45, 7) is 7.83. The highest BCUT2D eigenvalue weighted by Gasteiger charge is 2.46. The zero-order chi connectivity index (χ0) is 28.4. The van der Waals surface area contributed by atoms with E-state index in [9.17, 15) is 4.79 Å². The smallest absolute Gasteiger partial charge is 0.310 e. The average Bonchev–Trinajstić information content (AvgIpc) is 3.27. The number of anilines is 1. The molecule has 2 N–H and O–H groups in total. The van der Waals surface area contributed by atoms with Crippen molar-refractivity contribution in [2.24, 2.45) is 0 Å². The molecule has 1 aromatic heterocycles. The number of esters is 1. The molecule has 1 saturated heterocycles. The molecular weight excluding hydrogens is 510 g/mol. The lowest BCUT2D eigenvalue weighted by Crippen LogP contribution is -2.42. The number of aromatic nitrogens is 1. The van der Waals surface area contributed by atoms with Crippen LogP contribution in [0.5, 0.6) is 5.75 Å². The highest BCUT2D eigenvalue weighted by molar-refractivity contribution is 6.01. The van der Waals surface area contributed by atoms with Gasteiger partial charge in [0.05, 0.1) is 13.0 Å². The molecule has 3 aromatic carbocycles. The van der Waals surface area contributed by atoms with E-state index < -0.39 is 0 Å². The van der Waals surface area contributed by atoms with Crippen LogP contribution in [-0.4, -0.2) is 42.1 Å². The average molecular weight is 550 g/mol. The molecule has 0 unspecified atom stereocenters. The number of nitrogens with two attached hydrogens (primary N) is 1. The lowest BCUT2D eigenvalue weighted by molar-refractivity contribution is -0.142. The van der Waals surface area contributed by atoms with Gasteiger partial charge in [0.1, 0.15) is 17.7 Å². The highest BCUT2D eigenvalue weighted by Crippen LogP contribution is 2.53. The first-order valence-electron chi connectivity index (χ1n) is 14.9. The van der Waals surface area contributed by atoms with Crippen LogP contribution in [-0.2, 0) is 21.4 Å².